The second-order valence-electron chi connectivity index (χ2n) is 4.72. The number of hydrogen-bond donors (Lipinski definition) is 3. The van der Waals surface area contributed by atoms with E-state index in [-0.39, 0.29) is 25.0 Å². The molecule has 0 fully saturated rings. The van der Waals surface area contributed by atoms with Gasteiger partial charge in [0, 0.05) is 25.0 Å². The third kappa shape index (κ3) is 5.24. The number of rotatable bonds is 6. The van der Waals surface area contributed by atoms with Gasteiger partial charge in [-0.1, -0.05) is 23.7 Å². The van der Waals surface area contributed by atoms with Crippen molar-refractivity contribution in [3.63, 3.8) is 0 Å². The van der Waals surface area contributed by atoms with Crippen molar-refractivity contribution in [2.75, 3.05) is 13.6 Å². The van der Waals surface area contributed by atoms with E-state index in [1.165, 1.54) is 4.90 Å². The van der Waals surface area contributed by atoms with Gasteiger partial charge in [-0.05, 0) is 24.6 Å². The van der Waals surface area contributed by atoms with E-state index in [1.807, 2.05) is 19.1 Å². The molecule has 0 bridgehead atoms. The van der Waals surface area contributed by atoms with Crippen LogP contribution in [0.3, 0.4) is 0 Å². The van der Waals surface area contributed by atoms with Crippen molar-refractivity contribution in [2.24, 2.45) is 0 Å². The topological polar surface area (TPSA) is 89.9 Å². The number of benzene rings is 1. The molecule has 0 aliphatic heterocycles. The smallest absolute Gasteiger partial charge is 0.332 e. The fraction of sp³-hybridized carbons (Fsp3) is 0.429. The van der Waals surface area contributed by atoms with Crippen molar-refractivity contribution in [1.82, 2.24) is 10.2 Å². The summed E-state index contributed by atoms with van der Waals surface area (Å²) in [5.74, 6) is -1.30. The van der Waals surface area contributed by atoms with E-state index < -0.39 is 12.1 Å². The molecule has 2 amide bonds. The Morgan fingerprint density at radius 3 is 2.67 bits per heavy atom. The van der Waals surface area contributed by atoms with Gasteiger partial charge < -0.3 is 20.4 Å². The fourth-order valence-electron chi connectivity index (χ4n) is 1.73. The minimum absolute atomic E-state index is 0.0412. The van der Waals surface area contributed by atoms with Crippen LogP contribution in [-0.2, 0) is 4.79 Å². The highest BCUT2D eigenvalue weighted by Crippen LogP contribution is 2.21. The Labute approximate surface area is 128 Å². The zero-order valence-corrected chi connectivity index (χ0v) is 12.7. The predicted molar refractivity (Wildman–Crippen MR) is 79.3 cm³/mol. The molecular weight excluding hydrogens is 296 g/mol. The average Bonchev–Trinajstić information content (AvgIpc) is 2.45. The molecule has 0 spiro atoms. The minimum Gasteiger partial charge on any atom is -0.479 e. The third-order valence-electron chi connectivity index (χ3n) is 3.21. The summed E-state index contributed by atoms with van der Waals surface area (Å²) in [6, 6.07) is 6.68. The first-order valence-corrected chi connectivity index (χ1v) is 6.87. The molecule has 21 heavy (non-hydrogen) atoms. The molecule has 1 rings (SSSR count). The summed E-state index contributed by atoms with van der Waals surface area (Å²) in [5.41, 5.74) is 0.894. The number of amides is 2. The highest BCUT2D eigenvalue weighted by atomic mass is 35.5. The maximum atomic E-state index is 11.9. The van der Waals surface area contributed by atoms with E-state index in [1.54, 1.807) is 19.2 Å². The number of nitrogens with zero attached hydrogens (tertiary/aromatic N) is 1. The van der Waals surface area contributed by atoms with Gasteiger partial charge in [0.25, 0.3) is 0 Å². The first kappa shape index (κ1) is 17.3. The van der Waals surface area contributed by atoms with Gasteiger partial charge in [0.1, 0.15) is 0 Å². The van der Waals surface area contributed by atoms with E-state index >= 15 is 0 Å². The second-order valence-corrected chi connectivity index (χ2v) is 5.15. The van der Waals surface area contributed by atoms with E-state index in [0.29, 0.717) is 5.02 Å². The molecule has 1 aromatic rings. The Bertz CT molecular complexity index is 510. The Hall–Kier alpha value is -1.79. The molecule has 0 heterocycles. The lowest BCUT2D eigenvalue weighted by atomic mass is 10.1. The van der Waals surface area contributed by atoms with E-state index in [9.17, 15) is 9.59 Å². The molecule has 0 aliphatic rings. The molecule has 0 radical (unpaired) electrons. The van der Waals surface area contributed by atoms with Gasteiger partial charge in [-0.3, -0.25) is 0 Å². The van der Waals surface area contributed by atoms with Crippen molar-refractivity contribution in [1.29, 1.82) is 0 Å². The zero-order valence-electron chi connectivity index (χ0n) is 11.9. The van der Waals surface area contributed by atoms with Gasteiger partial charge in [-0.2, -0.15) is 0 Å². The van der Waals surface area contributed by atoms with Crippen LogP contribution in [0.1, 0.15) is 24.9 Å². The van der Waals surface area contributed by atoms with Crippen LogP contribution in [0.15, 0.2) is 24.3 Å². The number of aliphatic hydroxyl groups excluding tert-OH is 1. The Morgan fingerprint density at radius 1 is 1.43 bits per heavy atom. The number of carboxylic acids is 1. The molecule has 0 aliphatic carbocycles. The quantitative estimate of drug-likeness (QED) is 0.748. The Morgan fingerprint density at radius 2 is 2.10 bits per heavy atom. The summed E-state index contributed by atoms with van der Waals surface area (Å²) < 4.78 is 0. The summed E-state index contributed by atoms with van der Waals surface area (Å²) in [7, 11) is 1.63. The van der Waals surface area contributed by atoms with Crippen LogP contribution in [0.2, 0.25) is 5.02 Å². The predicted octanol–water partition coefficient (Wildman–Crippen LogP) is 1.88. The Balaban J connectivity index is 2.52. The molecule has 2 atom stereocenters. The number of carbonyl (C=O) groups is 2. The number of aliphatic hydroxyl groups is 1. The Kier molecular flexibility index (Phi) is 6.45. The summed E-state index contributed by atoms with van der Waals surface area (Å²) in [6.45, 7) is 1.94. The first-order valence-electron chi connectivity index (χ1n) is 6.50. The van der Waals surface area contributed by atoms with E-state index in [0.717, 1.165) is 5.56 Å². The van der Waals surface area contributed by atoms with Crippen LogP contribution >= 0.6 is 11.6 Å². The van der Waals surface area contributed by atoms with Gasteiger partial charge in [0.05, 0.1) is 6.04 Å². The number of nitrogens with one attached hydrogen (secondary N) is 1. The summed E-state index contributed by atoms with van der Waals surface area (Å²) in [4.78, 5) is 23.9. The SMILES string of the molecule is CC(c1cccc(Cl)c1)N(C)C(=O)NCCC(O)C(=O)O. The number of carboxylic acid groups (broad SMARTS) is 1. The van der Waals surface area contributed by atoms with Crippen LogP contribution in [-0.4, -0.2) is 46.8 Å². The van der Waals surface area contributed by atoms with Crippen LogP contribution in [0.5, 0.6) is 0 Å². The van der Waals surface area contributed by atoms with Gasteiger partial charge in [0.2, 0.25) is 0 Å². The van der Waals surface area contributed by atoms with Crippen molar-refractivity contribution < 1.29 is 19.8 Å². The van der Waals surface area contributed by atoms with Crippen LogP contribution < -0.4 is 5.32 Å². The minimum atomic E-state index is -1.47. The molecule has 0 saturated carbocycles. The molecular formula is C14H19ClN2O4. The van der Waals surface area contributed by atoms with Gasteiger partial charge in [-0.25, -0.2) is 9.59 Å². The second kappa shape index (κ2) is 7.85. The summed E-state index contributed by atoms with van der Waals surface area (Å²) in [5, 5.41) is 20.8. The molecule has 7 heteroatoms. The molecule has 116 valence electrons. The van der Waals surface area contributed by atoms with Crippen molar-refractivity contribution in [3.05, 3.63) is 34.9 Å². The summed E-state index contributed by atoms with van der Waals surface area (Å²) >= 11 is 5.92. The lowest BCUT2D eigenvalue weighted by Gasteiger charge is -2.25. The third-order valence-corrected chi connectivity index (χ3v) is 3.45. The number of aliphatic carboxylic acids is 1. The molecule has 0 saturated heterocycles. The maximum absolute atomic E-state index is 11.9. The molecule has 0 aromatic heterocycles. The zero-order chi connectivity index (χ0) is 16.0. The fourth-order valence-corrected chi connectivity index (χ4v) is 1.93. The van der Waals surface area contributed by atoms with Gasteiger partial charge in [0.15, 0.2) is 6.10 Å². The normalized spacial score (nSPS) is 13.3. The lowest BCUT2D eigenvalue weighted by Crippen LogP contribution is -2.40. The number of urea groups is 1. The maximum Gasteiger partial charge on any atom is 0.332 e. The molecule has 1 aromatic carbocycles. The first-order chi connectivity index (χ1) is 9.82. The highest BCUT2D eigenvalue weighted by Gasteiger charge is 2.18. The van der Waals surface area contributed by atoms with Crippen LogP contribution in [0.4, 0.5) is 4.79 Å². The van der Waals surface area contributed by atoms with Gasteiger partial charge >= 0.3 is 12.0 Å². The van der Waals surface area contributed by atoms with Crippen LogP contribution in [0.25, 0.3) is 0 Å². The number of carbonyl (C=O) groups excluding carboxylic acids is 1. The van der Waals surface area contributed by atoms with Crippen molar-refractivity contribution in [2.45, 2.75) is 25.5 Å². The van der Waals surface area contributed by atoms with Crippen molar-refractivity contribution >= 4 is 23.6 Å². The molecule has 2 unspecified atom stereocenters. The molecule has 3 N–H and O–H groups in total. The van der Waals surface area contributed by atoms with E-state index in [4.69, 9.17) is 21.8 Å². The summed E-state index contributed by atoms with van der Waals surface area (Å²) in [6.07, 6.45) is -1.51. The standard InChI is InChI=1S/C14H19ClN2O4/c1-9(10-4-3-5-11(15)8-10)17(2)14(21)16-7-6-12(18)13(19)20/h3-5,8-9,12,18H,6-7H2,1-2H3,(H,16,21)(H,19,20). The van der Waals surface area contributed by atoms with Gasteiger partial charge in [-0.15, -0.1) is 0 Å². The number of halogens is 1. The van der Waals surface area contributed by atoms with Crippen molar-refractivity contribution in [3.8, 4) is 0 Å². The van der Waals surface area contributed by atoms with E-state index in [2.05, 4.69) is 5.32 Å². The highest BCUT2D eigenvalue weighted by molar-refractivity contribution is 6.30. The lowest BCUT2D eigenvalue weighted by molar-refractivity contribution is -0.146. The van der Waals surface area contributed by atoms with Crippen LogP contribution in [0, 0.1) is 0 Å². The average molecular weight is 315 g/mol. The monoisotopic (exact) mass is 314 g/mol. The molecule has 6 nitrogen and oxygen atoms in total. The number of hydrogen-bond acceptors (Lipinski definition) is 3. The largest absolute Gasteiger partial charge is 0.479 e.